The van der Waals surface area contributed by atoms with Gasteiger partial charge >= 0.3 is 6.03 Å². The fourth-order valence-electron chi connectivity index (χ4n) is 6.06. The number of rotatable bonds is 6. The van der Waals surface area contributed by atoms with Crippen LogP contribution in [0.1, 0.15) is 53.0 Å². The van der Waals surface area contributed by atoms with E-state index in [1.807, 2.05) is 24.0 Å². The summed E-state index contributed by atoms with van der Waals surface area (Å²) < 4.78 is 10.8. The number of piperidine rings is 1. The van der Waals surface area contributed by atoms with Crippen LogP contribution in [-0.2, 0) is 16.1 Å². The monoisotopic (exact) mass is 471 g/mol. The molecule has 2 aliphatic heterocycles. The first-order valence-electron chi connectivity index (χ1n) is 12.0. The molecule has 4 rings (SSSR count). The van der Waals surface area contributed by atoms with E-state index in [9.17, 15) is 14.4 Å². The molecule has 34 heavy (non-hydrogen) atoms. The summed E-state index contributed by atoms with van der Waals surface area (Å²) in [5.74, 6) is 1.04. The Morgan fingerprint density at radius 2 is 1.65 bits per heavy atom. The first kappa shape index (κ1) is 24.4. The van der Waals surface area contributed by atoms with Gasteiger partial charge in [-0.3, -0.25) is 14.5 Å². The van der Waals surface area contributed by atoms with Crippen molar-refractivity contribution in [2.75, 3.05) is 27.3 Å². The van der Waals surface area contributed by atoms with Gasteiger partial charge in [0.2, 0.25) is 5.91 Å². The smallest absolute Gasteiger partial charge is 0.325 e. The molecule has 2 heterocycles. The highest BCUT2D eigenvalue weighted by Crippen LogP contribution is 2.68. The molecule has 3 aliphatic rings. The van der Waals surface area contributed by atoms with E-state index in [4.69, 9.17) is 9.47 Å². The van der Waals surface area contributed by atoms with E-state index in [0.717, 1.165) is 0 Å². The number of hydrogen-bond donors (Lipinski definition) is 1. The van der Waals surface area contributed by atoms with Gasteiger partial charge in [-0.1, -0.05) is 39.8 Å². The van der Waals surface area contributed by atoms with Crippen molar-refractivity contribution >= 4 is 17.8 Å². The van der Waals surface area contributed by atoms with E-state index in [1.54, 1.807) is 13.2 Å². The van der Waals surface area contributed by atoms with Crippen LogP contribution in [0.3, 0.4) is 0 Å². The number of carbonyl (C=O) groups is 3. The molecule has 2 saturated heterocycles. The summed E-state index contributed by atoms with van der Waals surface area (Å²) in [4.78, 5) is 42.7. The van der Waals surface area contributed by atoms with Crippen LogP contribution in [0.2, 0.25) is 0 Å². The van der Waals surface area contributed by atoms with E-state index in [1.165, 1.54) is 12.0 Å². The number of imide groups is 1. The van der Waals surface area contributed by atoms with E-state index < -0.39 is 11.6 Å². The Hall–Kier alpha value is -2.77. The largest absolute Gasteiger partial charge is 0.493 e. The average molecular weight is 472 g/mol. The van der Waals surface area contributed by atoms with Crippen molar-refractivity contribution in [2.45, 2.75) is 59.5 Å². The third-order valence-electron chi connectivity index (χ3n) is 9.00. The van der Waals surface area contributed by atoms with Gasteiger partial charge in [0.25, 0.3) is 5.91 Å². The molecular formula is C26H37N3O5. The molecular weight excluding hydrogens is 434 g/mol. The summed E-state index contributed by atoms with van der Waals surface area (Å²) in [6, 6.07) is 5.00. The quantitative estimate of drug-likeness (QED) is 0.642. The minimum absolute atomic E-state index is 0.00395. The van der Waals surface area contributed by atoms with Gasteiger partial charge in [-0.25, -0.2) is 4.79 Å². The number of ether oxygens (including phenoxy) is 2. The van der Waals surface area contributed by atoms with Crippen LogP contribution in [0.25, 0.3) is 0 Å². The van der Waals surface area contributed by atoms with Crippen molar-refractivity contribution in [3.05, 3.63) is 23.8 Å². The lowest BCUT2D eigenvalue weighted by molar-refractivity contribution is -0.137. The third-order valence-corrected chi connectivity index (χ3v) is 9.00. The second-order valence-electron chi connectivity index (χ2n) is 11.2. The maximum Gasteiger partial charge on any atom is 0.325 e. The average Bonchev–Trinajstić information content (AvgIpc) is 3.11. The zero-order valence-electron chi connectivity index (χ0n) is 21.4. The van der Waals surface area contributed by atoms with Crippen molar-refractivity contribution in [1.29, 1.82) is 0 Å². The van der Waals surface area contributed by atoms with Gasteiger partial charge in [-0.05, 0) is 42.6 Å². The number of nitrogens with zero attached hydrogens (tertiary/aromatic N) is 2. The lowest BCUT2D eigenvalue weighted by Crippen LogP contribution is -2.54. The number of benzene rings is 1. The molecule has 1 N–H and O–H groups in total. The fraction of sp³-hybridized carbons (Fsp3) is 0.654. The van der Waals surface area contributed by atoms with Crippen LogP contribution in [0.4, 0.5) is 4.79 Å². The number of nitrogens with one attached hydrogen (secondary N) is 1. The number of urea groups is 1. The summed E-state index contributed by atoms with van der Waals surface area (Å²) in [5, 5.41) is 2.95. The number of carbonyl (C=O) groups excluding carboxylic acids is 3. The van der Waals surface area contributed by atoms with Crippen LogP contribution in [0.15, 0.2) is 18.2 Å². The molecule has 0 unspecified atom stereocenters. The van der Waals surface area contributed by atoms with Crippen LogP contribution in [-0.4, -0.2) is 60.5 Å². The second-order valence-corrected chi connectivity index (χ2v) is 11.2. The molecule has 0 aromatic heterocycles. The van der Waals surface area contributed by atoms with Crippen molar-refractivity contribution in [1.82, 2.24) is 15.1 Å². The number of amides is 4. The van der Waals surface area contributed by atoms with Crippen molar-refractivity contribution < 1.29 is 23.9 Å². The second kappa shape index (κ2) is 8.17. The van der Waals surface area contributed by atoms with Crippen LogP contribution < -0.4 is 14.8 Å². The molecule has 1 aromatic carbocycles. The third kappa shape index (κ3) is 3.53. The molecule has 1 aliphatic carbocycles. The summed E-state index contributed by atoms with van der Waals surface area (Å²) in [6.07, 6.45) is 1.36. The molecule has 8 heteroatoms. The van der Waals surface area contributed by atoms with Gasteiger partial charge in [0.15, 0.2) is 11.5 Å². The summed E-state index contributed by atoms with van der Waals surface area (Å²) in [6.45, 7) is 11.7. The van der Waals surface area contributed by atoms with Crippen molar-refractivity contribution in [2.24, 2.45) is 22.7 Å². The van der Waals surface area contributed by atoms with E-state index >= 15 is 0 Å². The Morgan fingerprint density at radius 1 is 1.03 bits per heavy atom. The predicted octanol–water partition coefficient (Wildman–Crippen LogP) is 3.44. The van der Waals surface area contributed by atoms with Crippen LogP contribution in [0, 0.1) is 22.7 Å². The highest BCUT2D eigenvalue weighted by Gasteiger charge is 2.69. The molecule has 186 valence electrons. The highest BCUT2D eigenvalue weighted by atomic mass is 16.5. The Kier molecular flexibility index (Phi) is 5.85. The van der Waals surface area contributed by atoms with E-state index in [0.29, 0.717) is 43.0 Å². The number of para-hydroxylation sites is 1. The zero-order valence-corrected chi connectivity index (χ0v) is 21.4. The lowest BCUT2D eigenvalue weighted by Gasteiger charge is -2.39. The molecule has 1 aromatic rings. The van der Waals surface area contributed by atoms with E-state index in [2.05, 4.69) is 33.0 Å². The predicted molar refractivity (Wildman–Crippen MR) is 127 cm³/mol. The maximum atomic E-state index is 13.5. The molecule has 0 spiro atoms. The molecule has 0 bridgehead atoms. The van der Waals surface area contributed by atoms with Gasteiger partial charge < -0.3 is 19.7 Å². The normalized spacial score (nSPS) is 26.4. The minimum atomic E-state index is -0.990. The lowest BCUT2D eigenvalue weighted by atomic mass is 9.78. The highest BCUT2D eigenvalue weighted by molar-refractivity contribution is 6.07. The molecule has 8 nitrogen and oxygen atoms in total. The van der Waals surface area contributed by atoms with Gasteiger partial charge in [-0.15, -0.1) is 0 Å². The van der Waals surface area contributed by atoms with Gasteiger partial charge in [0.05, 0.1) is 20.8 Å². The Morgan fingerprint density at radius 3 is 2.18 bits per heavy atom. The van der Waals surface area contributed by atoms with Gasteiger partial charge in [0.1, 0.15) is 5.54 Å². The topological polar surface area (TPSA) is 88.2 Å². The molecule has 4 amide bonds. The first-order chi connectivity index (χ1) is 15.9. The Labute approximate surface area is 201 Å². The standard InChI is InChI=1S/C26H37N3O5/c1-24(2)20(25(24,3)4)21(30)28-13-11-17(12-14-28)26(5)22(31)29(23(32)27-26)15-16-9-8-10-18(33-6)19(16)34-7/h8-10,17,20H,11-15H2,1-7H3,(H,27,32)/t26-/m1/s1. The van der Waals surface area contributed by atoms with E-state index in [-0.39, 0.29) is 41.0 Å². The minimum Gasteiger partial charge on any atom is -0.493 e. The van der Waals surface area contributed by atoms with Gasteiger partial charge in [-0.2, -0.15) is 0 Å². The van der Waals surface area contributed by atoms with Crippen molar-refractivity contribution in [3.63, 3.8) is 0 Å². The maximum absolute atomic E-state index is 13.5. The molecule has 1 atom stereocenters. The first-order valence-corrected chi connectivity index (χ1v) is 12.0. The van der Waals surface area contributed by atoms with Crippen LogP contribution >= 0.6 is 0 Å². The fourth-order valence-corrected chi connectivity index (χ4v) is 6.06. The summed E-state index contributed by atoms with van der Waals surface area (Å²) in [5.41, 5.74) is -0.283. The van der Waals surface area contributed by atoms with Crippen LogP contribution in [0.5, 0.6) is 11.5 Å². The Balaban J connectivity index is 1.44. The summed E-state index contributed by atoms with van der Waals surface area (Å²) >= 11 is 0. The Bertz CT molecular complexity index is 998. The number of hydrogen-bond acceptors (Lipinski definition) is 5. The van der Waals surface area contributed by atoms with Gasteiger partial charge in [0, 0.05) is 24.6 Å². The SMILES string of the molecule is COc1cccc(CN2C(=O)N[C@](C)(C3CCN(C(=O)C4C(C)(C)C4(C)C)CC3)C2=O)c1OC. The number of likely N-dealkylation sites (tertiary alicyclic amines) is 1. The number of methoxy groups -OCH3 is 2. The molecule has 3 fully saturated rings. The molecule has 0 radical (unpaired) electrons. The van der Waals surface area contributed by atoms with Crippen molar-refractivity contribution in [3.8, 4) is 11.5 Å². The molecule has 1 saturated carbocycles. The summed E-state index contributed by atoms with van der Waals surface area (Å²) in [7, 11) is 3.09. The zero-order chi connectivity index (χ0) is 25.1.